The van der Waals surface area contributed by atoms with Crippen LogP contribution in [0.4, 0.5) is 11.4 Å². The third kappa shape index (κ3) is 2.23. The number of hydrogen-bond acceptors (Lipinski definition) is 4. The highest BCUT2D eigenvalue weighted by molar-refractivity contribution is 6.00. The Bertz CT molecular complexity index is 1200. The number of aryl methyl sites for hydroxylation is 2. The number of anilines is 1. The minimum Gasteiger partial charge on any atom is -0.497 e. The van der Waals surface area contributed by atoms with Gasteiger partial charge >= 0.3 is 0 Å². The van der Waals surface area contributed by atoms with Gasteiger partial charge in [-0.1, -0.05) is 18.2 Å². The number of ether oxygens (including phenoxy) is 2. The van der Waals surface area contributed by atoms with Crippen LogP contribution >= 0.6 is 0 Å². The fourth-order valence-corrected chi connectivity index (χ4v) is 4.77. The molecule has 0 saturated carbocycles. The lowest BCUT2D eigenvalue weighted by Gasteiger charge is -2.45. The molecule has 4 heteroatoms. The van der Waals surface area contributed by atoms with Crippen molar-refractivity contribution in [2.45, 2.75) is 38.8 Å². The molecule has 2 aliphatic heterocycles. The number of hydrogen-bond donors (Lipinski definition) is 0. The highest BCUT2D eigenvalue weighted by Crippen LogP contribution is 2.54. The van der Waals surface area contributed by atoms with Crippen molar-refractivity contribution in [1.82, 2.24) is 0 Å². The smallest absolute Gasteiger partial charge is 0.228 e. The van der Waals surface area contributed by atoms with Gasteiger partial charge in [0.15, 0.2) is 0 Å². The normalized spacial score (nSPS) is 21.2. The first kappa shape index (κ1) is 18.0. The van der Waals surface area contributed by atoms with Gasteiger partial charge in [0.1, 0.15) is 17.2 Å². The Labute approximate surface area is 171 Å². The topological polar surface area (TPSA) is 34.1 Å². The second-order valence-electron chi connectivity index (χ2n) is 8.69. The Morgan fingerprint density at radius 3 is 2.48 bits per heavy atom. The van der Waals surface area contributed by atoms with Crippen molar-refractivity contribution in [2.24, 2.45) is 4.99 Å². The van der Waals surface area contributed by atoms with Crippen LogP contribution < -0.4 is 14.4 Å². The lowest BCUT2D eigenvalue weighted by molar-refractivity contribution is 0.0826. The van der Waals surface area contributed by atoms with Crippen molar-refractivity contribution in [1.29, 1.82) is 0 Å². The average molecular weight is 386 g/mol. The summed E-state index contributed by atoms with van der Waals surface area (Å²) in [5.41, 5.74) is 5.01. The largest absolute Gasteiger partial charge is 0.497 e. The predicted octanol–water partition coefficient (Wildman–Crippen LogP) is 5.68. The van der Waals surface area contributed by atoms with Gasteiger partial charge in [-0.3, -0.25) is 4.99 Å². The van der Waals surface area contributed by atoms with Crippen LogP contribution in [0.2, 0.25) is 0 Å². The Morgan fingerprint density at radius 1 is 1.00 bits per heavy atom. The Hall–Kier alpha value is -3.01. The number of fused-ring (bicyclic) bond motifs is 4. The first-order valence-corrected chi connectivity index (χ1v) is 9.99. The quantitative estimate of drug-likeness (QED) is 0.539. The standard InChI is InChI=1S/C25H26N2O2/c1-15-11-20-21(12-16(15)2)27(5)25(24(20,3)4)14-26-23-19-13-18(28-6)9-7-17(19)8-10-22(23)29-25/h7-14H,1-6H3. The SMILES string of the molecule is COc1ccc2ccc3c(c2c1)N=CC1(O3)N(C)c2cc(C)c(C)cc2C1(C)C. The number of rotatable bonds is 1. The fourth-order valence-electron chi connectivity index (χ4n) is 4.77. The maximum absolute atomic E-state index is 6.79. The zero-order valence-corrected chi connectivity index (χ0v) is 17.8. The van der Waals surface area contributed by atoms with Crippen LogP contribution in [0.15, 0.2) is 47.5 Å². The van der Waals surface area contributed by atoms with Gasteiger partial charge in [-0.25, -0.2) is 0 Å². The molecule has 0 fully saturated rings. The molecule has 1 unspecified atom stereocenters. The van der Waals surface area contributed by atoms with Crippen molar-refractivity contribution in [2.75, 3.05) is 19.1 Å². The maximum atomic E-state index is 6.79. The number of benzene rings is 3. The van der Waals surface area contributed by atoms with E-state index in [-0.39, 0.29) is 5.41 Å². The molecule has 4 nitrogen and oxygen atoms in total. The third-order valence-electron chi connectivity index (χ3n) is 6.84. The molecule has 3 aromatic rings. The van der Waals surface area contributed by atoms with Gasteiger partial charge < -0.3 is 14.4 Å². The molecule has 2 aliphatic rings. The van der Waals surface area contributed by atoms with E-state index < -0.39 is 5.72 Å². The summed E-state index contributed by atoms with van der Waals surface area (Å²) in [7, 11) is 3.78. The first-order chi connectivity index (χ1) is 13.8. The van der Waals surface area contributed by atoms with Crippen LogP contribution in [-0.4, -0.2) is 26.1 Å². The lowest BCUT2D eigenvalue weighted by Crippen LogP contribution is -2.61. The molecule has 148 valence electrons. The highest BCUT2D eigenvalue weighted by Gasteiger charge is 2.58. The molecule has 3 aromatic carbocycles. The molecule has 0 bridgehead atoms. The zero-order chi connectivity index (χ0) is 20.6. The van der Waals surface area contributed by atoms with Gasteiger partial charge in [-0.05, 0) is 74.0 Å². The van der Waals surface area contributed by atoms with E-state index in [1.807, 2.05) is 24.4 Å². The van der Waals surface area contributed by atoms with Crippen LogP contribution in [-0.2, 0) is 5.41 Å². The van der Waals surface area contributed by atoms with E-state index in [0.717, 1.165) is 28.0 Å². The van der Waals surface area contributed by atoms with Crippen molar-refractivity contribution in [3.63, 3.8) is 0 Å². The Kier molecular flexibility index (Phi) is 3.58. The van der Waals surface area contributed by atoms with E-state index in [0.29, 0.717) is 0 Å². The summed E-state index contributed by atoms with van der Waals surface area (Å²) >= 11 is 0. The van der Waals surface area contributed by atoms with Gasteiger partial charge in [0.2, 0.25) is 5.72 Å². The molecular weight excluding hydrogens is 360 g/mol. The first-order valence-electron chi connectivity index (χ1n) is 9.99. The van der Waals surface area contributed by atoms with Crippen LogP contribution in [0, 0.1) is 13.8 Å². The number of aliphatic imine (C=N–C) groups is 1. The molecule has 1 atom stereocenters. The molecule has 0 aliphatic carbocycles. The average Bonchev–Trinajstić information content (AvgIpc) is 2.86. The molecule has 29 heavy (non-hydrogen) atoms. The van der Waals surface area contributed by atoms with Gasteiger partial charge in [0, 0.05) is 18.1 Å². The second-order valence-corrected chi connectivity index (χ2v) is 8.69. The zero-order valence-electron chi connectivity index (χ0n) is 17.8. The number of likely N-dealkylation sites (N-methyl/N-ethyl adjacent to an activating group) is 1. The Balaban J connectivity index is 1.69. The number of methoxy groups -OCH3 is 1. The molecule has 0 radical (unpaired) electrons. The van der Waals surface area contributed by atoms with Crippen LogP contribution in [0.25, 0.3) is 10.8 Å². The summed E-state index contributed by atoms with van der Waals surface area (Å²) in [6, 6.07) is 14.7. The monoisotopic (exact) mass is 386 g/mol. The fraction of sp³-hybridized carbons (Fsp3) is 0.320. The van der Waals surface area contributed by atoms with Crippen molar-refractivity contribution in [3.8, 4) is 11.5 Å². The van der Waals surface area contributed by atoms with E-state index in [9.17, 15) is 0 Å². The summed E-state index contributed by atoms with van der Waals surface area (Å²) < 4.78 is 12.2. The van der Waals surface area contributed by atoms with E-state index in [4.69, 9.17) is 14.5 Å². The third-order valence-corrected chi connectivity index (χ3v) is 6.84. The van der Waals surface area contributed by atoms with Crippen LogP contribution in [0.3, 0.4) is 0 Å². The van der Waals surface area contributed by atoms with E-state index in [1.54, 1.807) is 7.11 Å². The van der Waals surface area contributed by atoms with E-state index >= 15 is 0 Å². The predicted molar refractivity (Wildman–Crippen MR) is 119 cm³/mol. The molecule has 1 spiro atoms. The van der Waals surface area contributed by atoms with E-state index in [2.05, 4.69) is 63.9 Å². The highest BCUT2D eigenvalue weighted by atomic mass is 16.5. The lowest BCUT2D eigenvalue weighted by atomic mass is 9.77. The summed E-state index contributed by atoms with van der Waals surface area (Å²) in [5, 5.41) is 2.16. The second kappa shape index (κ2) is 5.76. The van der Waals surface area contributed by atoms with Crippen LogP contribution in [0.5, 0.6) is 11.5 Å². The van der Waals surface area contributed by atoms with E-state index in [1.165, 1.54) is 22.4 Å². The summed E-state index contributed by atoms with van der Waals surface area (Å²) in [4.78, 5) is 7.19. The molecular formula is C25H26N2O2. The Morgan fingerprint density at radius 2 is 1.72 bits per heavy atom. The molecule has 0 amide bonds. The number of nitrogens with zero attached hydrogens (tertiary/aromatic N) is 2. The van der Waals surface area contributed by atoms with Gasteiger partial charge in [-0.2, -0.15) is 0 Å². The maximum Gasteiger partial charge on any atom is 0.228 e. The minimum absolute atomic E-state index is 0.264. The molecule has 0 aromatic heterocycles. The minimum atomic E-state index is -0.672. The molecule has 2 heterocycles. The van der Waals surface area contributed by atoms with Crippen molar-refractivity contribution in [3.05, 3.63) is 59.2 Å². The van der Waals surface area contributed by atoms with Gasteiger partial charge in [0.05, 0.1) is 18.7 Å². The van der Waals surface area contributed by atoms with Crippen molar-refractivity contribution < 1.29 is 9.47 Å². The molecule has 0 N–H and O–H groups in total. The summed E-state index contributed by atoms with van der Waals surface area (Å²) in [6.45, 7) is 8.81. The summed E-state index contributed by atoms with van der Waals surface area (Å²) in [6.07, 6.45) is 1.99. The molecule has 5 rings (SSSR count). The summed E-state index contributed by atoms with van der Waals surface area (Å²) in [5.74, 6) is 1.62. The van der Waals surface area contributed by atoms with Crippen molar-refractivity contribution >= 4 is 28.4 Å². The van der Waals surface area contributed by atoms with Gasteiger partial charge in [-0.15, -0.1) is 0 Å². The van der Waals surface area contributed by atoms with Gasteiger partial charge in [0.25, 0.3) is 0 Å². The molecule has 0 saturated heterocycles. The van der Waals surface area contributed by atoms with Crippen LogP contribution in [0.1, 0.15) is 30.5 Å².